The Morgan fingerprint density at radius 2 is 2.30 bits per heavy atom. The number of benzene rings is 1. The Balaban J connectivity index is 1.52. The quantitative estimate of drug-likeness (QED) is 0.651. The minimum atomic E-state index is 0.395. The molecule has 0 saturated carbocycles. The highest BCUT2D eigenvalue weighted by atomic mass is 79.9. The maximum Gasteiger partial charge on any atom is 0.241 e. The van der Waals surface area contributed by atoms with Crippen LogP contribution in [0.4, 0.5) is 0 Å². The molecule has 4 rings (SSSR count). The van der Waals surface area contributed by atoms with Crippen LogP contribution >= 0.6 is 27.3 Å². The molecule has 4 nitrogen and oxygen atoms in total. The van der Waals surface area contributed by atoms with Gasteiger partial charge in [0.05, 0.1) is 6.54 Å². The topological polar surface area (TPSA) is 42.2 Å². The first-order valence-corrected chi connectivity index (χ1v) is 9.27. The van der Waals surface area contributed by atoms with Gasteiger partial charge in [-0.05, 0) is 42.5 Å². The minimum absolute atomic E-state index is 0.395. The van der Waals surface area contributed by atoms with Gasteiger partial charge in [-0.3, -0.25) is 4.90 Å². The van der Waals surface area contributed by atoms with E-state index >= 15 is 0 Å². The smallest absolute Gasteiger partial charge is 0.241 e. The number of hydrogen-bond acceptors (Lipinski definition) is 5. The van der Waals surface area contributed by atoms with Gasteiger partial charge < -0.3 is 4.52 Å². The van der Waals surface area contributed by atoms with Crippen molar-refractivity contribution < 1.29 is 4.52 Å². The number of nitrogens with zero attached hydrogens (tertiary/aromatic N) is 3. The molecule has 0 bridgehead atoms. The summed E-state index contributed by atoms with van der Waals surface area (Å²) in [5.74, 6) is 1.31. The third kappa shape index (κ3) is 2.98. The van der Waals surface area contributed by atoms with E-state index in [0.717, 1.165) is 23.0 Å². The number of aromatic nitrogens is 2. The Hall–Kier alpha value is -1.50. The molecule has 2 aromatic heterocycles. The molecular formula is C17H16BrN3OS. The Morgan fingerprint density at radius 1 is 1.39 bits per heavy atom. The van der Waals surface area contributed by atoms with Gasteiger partial charge in [-0.2, -0.15) is 4.98 Å². The fraction of sp³-hybridized carbons (Fsp3) is 0.294. The van der Waals surface area contributed by atoms with Gasteiger partial charge in [-0.1, -0.05) is 33.2 Å². The van der Waals surface area contributed by atoms with Crippen molar-refractivity contribution in [2.24, 2.45) is 0 Å². The van der Waals surface area contributed by atoms with E-state index in [1.54, 1.807) is 0 Å². The van der Waals surface area contributed by atoms with Gasteiger partial charge in [0.2, 0.25) is 11.7 Å². The molecule has 1 unspecified atom stereocenters. The fourth-order valence-electron chi connectivity index (χ4n) is 3.02. The lowest BCUT2D eigenvalue weighted by Gasteiger charge is -2.32. The molecule has 0 amide bonds. The van der Waals surface area contributed by atoms with Gasteiger partial charge >= 0.3 is 0 Å². The summed E-state index contributed by atoms with van der Waals surface area (Å²) in [4.78, 5) is 8.46. The maximum absolute atomic E-state index is 5.46. The highest BCUT2D eigenvalue weighted by Gasteiger charge is 2.26. The third-order valence-corrected chi connectivity index (χ3v) is 5.78. The van der Waals surface area contributed by atoms with Crippen molar-refractivity contribution in [3.63, 3.8) is 0 Å². The largest absolute Gasteiger partial charge is 0.338 e. The molecule has 1 atom stereocenters. The summed E-state index contributed by atoms with van der Waals surface area (Å²) in [5.41, 5.74) is 2.40. The highest BCUT2D eigenvalue weighted by molar-refractivity contribution is 9.10. The second-order valence-electron chi connectivity index (χ2n) is 5.72. The minimum Gasteiger partial charge on any atom is -0.338 e. The molecule has 0 fully saturated rings. The Morgan fingerprint density at radius 3 is 3.17 bits per heavy atom. The van der Waals surface area contributed by atoms with Crippen molar-refractivity contribution in [2.45, 2.75) is 25.9 Å². The molecule has 0 radical (unpaired) electrons. The normalized spacial score (nSPS) is 18.1. The van der Waals surface area contributed by atoms with Gasteiger partial charge in [0.1, 0.15) is 0 Å². The summed E-state index contributed by atoms with van der Waals surface area (Å²) in [6.45, 7) is 3.97. The lowest BCUT2D eigenvalue weighted by Crippen LogP contribution is -2.32. The molecule has 0 saturated heterocycles. The van der Waals surface area contributed by atoms with Crippen LogP contribution in [0.3, 0.4) is 0 Å². The number of fused-ring (bicyclic) bond motifs is 1. The summed E-state index contributed by atoms with van der Waals surface area (Å²) < 4.78 is 6.47. The zero-order valence-electron chi connectivity index (χ0n) is 12.7. The molecule has 0 N–H and O–H groups in total. The average Bonchev–Trinajstić information content (AvgIpc) is 3.20. The average molecular weight is 390 g/mol. The second kappa shape index (κ2) is 6.19. The van der Waals surface area contributed by atoms with Crippen LogP contribution in [-0.2, 0) is 13.0 Å². The van der Waals surface area contributed by atoms with Crippen LogP contribution in [0.5, 0.6) is 0 Å². The van der Waals surface area contributed by atoms with Crippen LogP contribution in [0.1, 0.15) is 29.3 Å². The highest BCUT2D eigenvalue weighted by Crippen LogP contribution is 2.33. The van der Waals surface area contributed by atoms with Crippen LogP contribution in [-0.4, -0.2) is 21.6 Å². The predicted octanol–water partition coefficient (Wildman–Crippen LogP) is 4.68. The van der Waals surface area contributed by atoms with E-state index in [-0.39, 0.29) is 0 Å². The zero-order chi connectivity index (χ0) is 15.8. The number of halogens is 1. The third-order valence-electron chi connectivity index (χ3n) is 4.29. The molecule has 1 aliphatic rings. The first kappa shape index (κ1) is 15.1. The lowest BCUT2D eigenvalue weighted by atomic mass is 10.0. The molecule has 1 aromatic carbocycles. The lowest BCUT2D eigenvalue weighted by molar-refractivity contribution is 0.167. The summed E-state index contributed by atoms with van der Waals surface area (Å²) in [5, 5.41) is 6.30. The van der Waals surface area contributed by atoms with Gasteiger partial charge in [-0.15, -0.1) is 11.3 Å². The molecule has 3 aromatic rings. The van der Waals surface area contributed by atoms with E-state index in [1.807, 2.05) is 35.6 Å². The van der Waals surface area contributed by atoms with Crippen LogP contribution in [0, 0.1) is 0 Å². The van der Waals surface area contributed by atoms with Gasteiger partial charge in [0.25, 0.3) is 0 Å². The van der Waals surface area contributed by atoms with Gasteiger partial charge in [0, 0.05) is 27.5 Å². The van der Waals surface area contributed by atoms with Crippen molar-refractivity contribution in [3.05, 3.63) is 56.5 Å². The van der Waals surface area contributed by atoms with Crippen LogP contribution < -0.4 is 0 Å². The monoisotopic (exact) mass is 389 g/mol. The SMILES string of the molecule is CC1c2ccsc2CCN1Cc1nc(-c2cccc(Br)c2)no1. The molecular weight excluding hydrogens is 374 g/mol. The van der Waals surface area contributed by atoms with Crippen molar-refractivity contribution in [3.8, 4) is 11.4 Å². The predicted molar refractivity (Wildman–Crippen MR) is 94.3 cm³/mol. The summed E-state index contributed by atoms with van der Waals surface area (Å²) in [7, 11) is 0. The van der Waals surface area contributed by atoms with Crippen molar-refractivity contribution >= 4 is 27.3 Å². The Bertz CT molecular complexity index is 829. The van der Waals surface area contributed by atoms with Gasteiger partial charge in [-0.25, -0.2) is 0 Å². The van der Waals surface area contributed by atoms with E-state index in [9.17, 15) is 0 Å². The number of thiophene rings is 1. The van der Waals surface area contributed by atoms with E-state index in [2.05, 4.69) is 49.3 Å². The van der Waals surface area contributed by atoms with E-state index < -0.39 is 0 Å². The molecule has 3 heterocycles. The van der Waals surface area contributed by atoms with Crippen LogP contribution in [0.25, 0.3) is 11.4 Å². The van der Waals surface area contributed by atoms with E-state index in [1.165, 1.54) is 10.4 Å². The summed E-state index contributed by atoms with van der Waals surface area (Å²) in [6, 6.07) is 10.6. The van der Waals surface area contributed by atoms with Crippen molar-refractivity contribution in [1.29, 1.82) is 0 Å². The maximum atomic E-state index is 5.46. The molecule has 118 valence electrons. The molecule has 0 spiro atoms. The first-order valence-electron chi connectivity index (χ1n) is 7.59. The standard InChI is InChI=1S/C17H16BrN3OS/c1-11-14-6-8-23-15(14)5-7-21(11)10-16-19-17(20-22-16)12-3-2-4-13(18)9-12/h2-4,6,8-9,11H,5,7,10H2,1H3. The first-order chi connectivity index (χ1) is 11.2. The Labute approximate surface area is 147 Å². The van der Waals surface area contributed by atoms with Crippen LogP contribution in [0.2, 0.25) is 0 Å². The molecule has 23 heavy (non-hydrogen) atoms. The van der Waals surface area contributed by atoms with Crippen molar-refractivity contribution in [1.82, 2.24) is 15.0 Å². The van der Waals surface area contributed by atoms with Crippen LogP contribution in [0.15, 0.2) is 44.7 Å². The number of rotatable bonds is 3. The molecule has 0 aliphatic carbocycles. The fourth-order valence-corrected chi connectivity index (χ4v) is 4.38. The Kier molecular flexibility index (Phi) is 4.05. The molecule has 6 heteroatoms. The van der Waals surface area contributed by atoms with Gasteiger partial charge in [0.15, 0.2) is 0 Å². The van der Waals surface area contributed by atoms with E-state index in [0.29, 0.717) is 24.3 Å². The van der Waals surface area contributed by atoms with E-state index in [4.69, 9.17) is 4.52 Å². The summed E-state index contributed by atoms with van der Waals surface area (Å²) >= 11 is 5.33. The van der Waals surface area contributed by atoms with Crippen molar-refractivity contribution in [2.75, 3.05) is 6.54 Å². The zero-order valence-corrected chi connectivity index (χ0v) is 15.1. The second-order valence-corrected chi connectivity index (χ2v) is 7.63. The molecule has 1 aliphatic heterocycles. The summed E-state index contributed by atoms with van der Waals surface area (Å²) in [6.07, 6.45) is 1.10. The number of hydrogen-bond donors (Lipinski definition) is 0.